The number of carboxylic acids is 1. The van der Waals surface area contributed by atoms with Gasteiger partial charge in [0.15, 0.2) is 0 Å². The number of fused-ring (bicyclic) bond motifs is 2. The van der Waals surface area contributed by atoms with E-state index in [2.05, 4.69) is 50.7 Å². The van der Waals surface area contributed by atoms with E-state index in [0.717, 1.165) is 40.9 Å². The van der Waals surface area contributed by atoms with Gasteiger partial charge in [-0.15, -0.1) is 0 Å². The normalized spacial score (nSPS) is 26.8. The Morgan fingerprint density at radius 2 is 1.88 bits per heavy atom. The molecule has 32 heavy (non-hydrogen) atoms. The van der Waals surface area contributed by atoms with Gasteiger partial charge in [-0.05, 0) is 75.3 Å². The van der Waals surface area contributed by atoms with Gasteiger partial charge >= 0.3 is 5.97 Å². The molecule has 1 unspecified atom stereocenters. The first-order chi connectivity index (χ1) is 15.3. The Hall–Kier alpha value is -2.60. The van der Waals surface area contributed by atoms with E-state index < -0.39 is 11.5 Å². The van der Waals surface area contributed by atoms with Crippen molar-refractivity contribution in [2.75, 3.05) is 5.32 Å². The standard InChI is InChI=1S/C26H27BrN2O3/c1-16-23(17(2)32-29-16)22-14-18-6-3-4-9-21(18)25(22)10-12-26(13-11-25,24(30)31)28-20-8-5-7-19(27)15-20/h3-9,15,22,28H,10-14H2,1-2H3,(H,30,31). The predicted molar refractivity (Wildman–Crippen MR) is 127 cm³/mol. The molecule has 1 spiro atoms. The number of benzene rings is 2. The van der Waals surface area contributed by atoms with Crippen molar-refractivity contribution in [1.29, 1.82) is 0 Å². The summed E-state index contributed by atoms with van der Waals surface area (Å²) in [7, 11) is 0. The molecule has 0 amide bonds. The number of anilines is 1. The average Bonchev–Trinajstić information content (AvgIpc) is 3.26. The first-order valence-corrected chi connectivity index (χ1v) is 11.9. The van der Waals surface area contributed by atoms with Gasteiger partial charge in [-0.2, -0.15) is 0 Å². The highest BCUT2D eigenvalue weighted by molar-refractivity contribution is 9.10. The van der Waals surface area contributed by atoms with Crippen LogP contribution in [0.2, 0.25) is 0 Å². The minimum atomic E-state index is -0.979. The Kier molecular flexibility index (Phi) is 5.16. The third-order valence-corrected chi connectivity index (χ3v) is 8.19. The molecule has 1 aromatic heterocycles. The molecule has 2 N–H and O–H groups in total. The van der Waals surface area contributed by atoms with Crippen molar-refractivity contribution in [3.63, 3.8) is 0 Å². The van der Waals surface area contributed by atoms with Gasteiger partial charge in [0.25, 0.3) is 0 Å². The molecule has 2 aliphatic carbocycles. The number of aliphatic carboxylic acids is 1. The van der Waals surface area contributed by atoms with Crippen LogP contribution in [0.3, 0.4) is 0 Å². The monoisotopic (exact) mass is 494 g/mol. The number of hydrogen-bond acceptors (Lipinski definition) is 4. The van der Waals surface area contributed by atoms with Crippen LogP contribution in [0, 0.1) is 13.8 Å². The second kappa shape index (κ2) is 7.77. The Morgan fingerprint density at radius 1 is 1.12 bits per heavy atom. The van der Waals surface area contributed by atoms with Crippen LogP contribution in [0.15, 0.2) is 57.5 Å². The van der Waals surface area contributed by atoms with Crippen LogP contribution < -0.4 is 5.32 Å². The summed E-state index contributed by atoms with van der Waals surface area (Å²) in [5.41, 5.74) is 4.62. The van der Waals surface area contributed by atoms with Crippen molar-refractivity contribution in [2.45, 2.75) is 62.8 Å². The number of carbonyl (C=O) groups is 1. The molecule has 2 aliphatic rings. The lowest BCUT2D eigenvalue weighted by atomic mass is 9.59. The van der Waals surface area contributed by atoms with E-state index in [-0.39, 0.29) is 11.3 Å². The van der Waals surface area contributed by atoms with Gasteiger partial charge in [0.1, 0.15) is 11.3 Å². The molecule has 0 saturated heterocycles. The molecular formula is C26H27BrN2O3. The van der Waals surface area contributed by atoms with Crippen molar-refractivity contribution < 1.29 is 14.4 Å². The number of carboxylic acid groups (broad SMARTS) is 1. The molecule has 1 atom stereocenters. The van der Waals surface area contributed by atoms with Crippen LogP contribution in [0.4, 0.5) is 5.69 Å². The second-order valence-corrected chi connectivity index (χ2v) is 10.2. The molecule has 0 bridgehead atoms. The highest BCUT2D eigenvalue weighted by Gasteiger charge is 2.55. The number of rotatable bonds is 4. The van der Waals surface area contributed by atoms with E-state index >= 15 is 0 Å². The van der Waals surface area contributed by atoms with Gasteiger partial charge < -0.3 is 14.9 Å². The molecule has 5 rings (SSSR count). The molecule has 0 radical (unpaired) electrons. The van der Waals surface area contributed by atoms with Crippen LogP contribution in [0.1, 0.15) is 59.7 Å². The lowest BCUT2D eigenvalue weighted by molar-refractivity contribution is -0.144. The number of nitrogens with zero attached hydrogens (tertiary/aromatic N) is 1. The SMILES string of the molecule is Cc1noc(C)c1C1Cc2ccccc2C12CCC(Nc1cccc(Br)c1)(C(=O)O)CC2. The third kappa shape index (κ3) is 3.27. The average molecular weight is 495 g/mol. The van der Waals surface area contributed by atoms with E-state index in [4.69, 9.17) is 4.52 Å². The lowest BCUT2D eigenvalue weighted by Gasteiger charge is -2.47. The summed E-state index contributed by atoms with van der Waals surface area (Å²) in [5.74, 6) is 0.346. The Balaban J connectivity index is 1.52. The molecule has 0 aliphatic heterocycles. The fourth-order valence-corrected chi connectivity index (χ4v) is 6.53. The highest BCUT2D eigenvalue weighted by atomic mass is 79.9. The fraction of sp³-hybridized carbons (Fsp3) is 0.385. The largest absolute Gasteiger partial charge is 0.480 e. The Morgan fingerprint density at radius 3 is 2.53 bits per heavy atom. The molecule has 3 aromatic rings. The lowest BCUT2D eigenvalue weighted by Crippen LogP contribution is -2.52. The maximum Gasteiger partial charge on any atom is 0.329 e. The molecule has 166 valence electrons. The molecule has 6 heteroatoms. The van der Waals surface area contributed by atoms with Crippen LogP contribution in [0.5, 0.6) is 0 Å². The number of hydrogen-bond donors (Lipinski definition) is 2. The van der Waals surface area contributed by atoms with E-state index in [0.29, 0.717) is 12.8 Å². The minimum Gasteiger partial charge on any atom is -0.480 e. The van der Waals surface area contributed by atoms with E-state index in [1.165, 1.54) is 16.7 Å². The van der Waals surface area contributed by atoms with Crippen molar-refractivity contribution in [3.8, 4) is 0 Å². The van der Waals surface area contributed by atoms with Crippen LogP contribution >= 0.6 is 15.9 Å². The quantitative estimate of drug-likeness (QED) is 0.455. The summed E-state index contributed by atoms with van der Waals surface area (Å²) < 4.78 is 6.48. The summed E-state index contributed by atoms with van der Waals surface area (Å²) in [6.07, 6.45) is 3.66. The zero-order valence-electron chi connectivity index (χ0n) is 18.3. The maximum absolute atomic E-state index is 12.5. The van der Waals surface area contributed by atoms with Crippen molar-refractivity contribution in [3.05, 3.63) is 81.1 Å². The third-order valence-electron chi connectivity index (χ3n) is 7.70. The first kappa shape index (κ1) is 21.3. The summed E-state index contributed by atoms with van der Waals surface area (Å²) >= 11 is 3.49. The van der Waals surface area contributed by atoms with Gasteiger partial charge in [0.2, 0.25) is 0 Å². The molecule has 1 fully saturated rings. The Labute approximate surface area is 196 Å². The van der Waals surface area contributed by atoms with Crippen LogP contribution in [-0.4, -0.2) is 21.8 Å². The van der Waals surface area contributed by atoms with E-state index in [9.17, 15) is 9.90 Å². The smallest absolute Gasteiger partial charge is 0.329 e. The molecule has 5 nitrogen and oxygen atoms in total. The first-order valence-electron chi connectivity index (χ1n) is 11.1. The topological polar surface area (TPSA) is 75.4 Å². The van der Waals surface area contributed by atoms with Crippen molar-refractivity contribution in [1.82, 2.24) is 5.16 Å². The van der Waals surface area contributed by atoms with Crippen molar-refractivity contribution >= 4 is 27.6 Å². The zero-order valence-corrected chi connectivity index (χ0v) is 19.9. The number of aryl methyl sites for hydroxylation is 2. The number of aromatic nitrogens is 1. The molecule has 2 aromatic carbocycles. The summed E-state index contributed by atoms with van der Waals surface area (Å²) in [6.45, 7) is 4.01. The van der Waals surface area contributed by atoms with Crippen LogP contribution in [0.25, 0.3) is 0 Å². The number of nitrogens with one attached hydrogen (secondary N) is 1. The maximum atomic E-state index is 12.5. The number of halogens is 1. The van der Waals surface area contributed by atoms with Crippen LogP contribution in [-0.2, 0) is 16.6 Å². The minimum absolute atomic E-state index is 0.102. The molecular weight excluding hydrogens is 468 g/mol. The van der Waals surface area contributed by atoms with Gasteiger partial charge in [0, 0.05) is 27.1 Å². The molecule has 1 saturated carbocycles. The summed E-state index contributed by atoms with van der Waals surface area (Å²) in [5, 5.41) is 17.9. The fourth-order valence-electron chi connectivity index (χ4n) is 6.13. The summed E-state index contributed by atoms with van der Waals surface area (Å²) in [6, 6.07) is 16.4. The van der Waals surface area contributed by atoms with Gasteiger partial charge in [-0.3, -0.25) is 0 Å². The summed E-state index contributed by atoms with van der Waals surface area (Å²) in [4.78, 5) is 12.5. The second-order valence-electron chi connectivity index (χ2n) is 9.33. The predicted octanol–water partition coefficient (Wildman–Crippen LogP) is 6.14. The van der Waals surface area contributed by atoms with E-state index in [1.807, 2.05) is 38.1 Å². The Bertz CT molecular complexity index is 1160. The van der Waals surface area contributed by atoms with Gasteiger partial charge in [-0.1, -0.05) is 51.4 Å². The zero-order chi connectivity index (χ0) is 22.5. The van der Waals surface area contributed by atoms with E-state index in [1.54, 1.807) is 0 Å². The van der Waals surface area contributed by atoms with Crippen molar-refractivity contribution in [2.24, 2.45) is 0 Å². The van der Waals surface area contributed by atoms with Gasteiger partial charge in [-0.25, -0.2) is 4.79 Å². The van der Waals surface area contributed by atoms with Gasteiger partial charge in [0.05, 0.1) is 5.69 Å². The highest BCUT2D eigenvalue weighted by Crippen LogP contribution is 2.58. The molecule has 1 heterocycles.